The third-order valence-electron chi connectivity index (χ3n) is 5.20. The number of thioether (sulfide) groups is 1. The van der Waals surface area contributed by atoms with Crippen molar-refractivity contribution in [2.75, 3.05) is 43.9 Å². The Morgan fingerprint density at radius 2 is 1.74 bits per heavy atom. The van der Waals surface area contributed by atoms with E-state index in [1.807, 2.05) is 42.3 Å². The van der Waals surface area contributed by atoms with Crippen LogP contribution in [0.25, 0.3) is 6.08 Å². The first kappa shape index (κ1) is 21.3. The van der Waals surface area contributed by atoms with Crippen molar-refractivity contribution < 1.29 is 14.0 Å². The molecule has 1 saturated heterocycles. The van der Waals surface area contributed by atoms with Crippen LogP contribution in [0.3, 0.4) is 0 Å². The Morgan fingerprint density at radius 3 is 2.42 bits per heavy atom. The van der Waals surface area contributed by atoms with E-state index in [1.165, 1.54) is 40.9 Å². The summed E-state index contributed by atoms with van der Waals surface area (Å²) in [6, 6.07) is 15.1. The molecule has 8 heteroatoms. The first-order valence-corrected chi connectivity index (χ1v) is 11.0. The van der Waals surface area contributed by atoms with Crippen LogP contribution < -0.4 is 4.90 Å². The number of amidine groups is 1. The molecule has 0 aliphatic carbocycles. The Bertz CT molecular complexity index is 1020. The zero-order valence-corrected chi connectivity index (χ0v) is 18.0. The van der Waals surface area contributed by atoms with E-state index < -0.39 is 0 Å². The second-order valence-electron chi connectivity index (χ2n) is 7.42. The highest BCUT2D eigenvalue weighted by molar-refractivity contribution is 8.14. The zero-order valence-electron chi connectivity index (χ0n) is 17.2. The SMILES string of the molecule is CN1CCN(C(=O)CSC2=NC(=Cc3ccccc3)C(=O)N2c2ccc(F)cc2)CC1. The van der Waals surface area contributed by atoms with Gasteiger partial charge < -0.3 is 9.80 Å². The van der Waals surface area contributed by atoms with Gasteiger partial charge in [0, 0.05) is 26.2 Å². The molecule has 0 bridgehead atoms. The van der Waals surface area contributed by atoms with E-state index in [4.69, 9.17) is 0 Å². The number of nitrogens with zero attached hydrogens (tertiary/aromatic N) is 4. The van der Waals surface area contributed by atoms with Gasteiger partial charge in [-0.3, -0.25) is 14.5 Å². The van der Waals surface area contributed by atoms with Crippen molar-refractivity contribution in [1.29, 1.82) is 0 Å². The minimum atomic E-state index is -0.383. The fourth-order valence-electron chi connectivity index (χ4n) is 3.39. The monoisotopic (exact) mass is 438 g/mol. The average Bonchev–Trinajstić information content (AvgIpc) is 3.09. The van der Waals surface area contributed by atoms with Crippen LogP contribution in [0.1, 0.15) is 5.56 Å². The third kappa shape index (κ3) is 5.03. The smallest absolute Gasteiger partial charge is 0.283 e. The topological polar surface area (TPSA) is 56.2 Å². The van der Waals surface area contributed by atoms with Crippen LogP contribution in [0, 0.1) is 5.82 Å². The first-order valence-electron chi connectivity index (χ1n) is 10.1. The van der Waals surface area contributed by atoms with E-state index in [1.54, 1.807) is 6.08 Å². The van der Waals surface area contributed by atoms with Crippen molar-refractivity contribution in [2.45, 2.75) is 0 Å². The number of piperazine rings is 1. The van der Waals surface area contributed by atoms with Gasteiger partial charge in [-0.1, -0.05) is 42.1 Å². The summed E-state index contributed by atoms with van der Waals surface area (Å²) in [6.45, 7) is 3.09. The lowest BCUT2D eigenvalue weighted by molar-refractivity contribution is -0.129. The van der Waals surface area contributed by atoms with Crippen LogP contribution in [0.2, 0.25) is 0 Å². The van der Waals surface area contributed by atoms with Crippen LogP contribution in [0.15, 0.2) is 65.3 Å². The molecular formula is C23H23FN4O2S. The Kier molecular flexibility index (Phi) is 6.48. The van der Waals surface area contributed by atoms with Crippen LogP contribution in [0.4, 0.5) is 10.1 Å². The average molecular weight is 439 g/mol. The summed E-state index contributed by atoms with van der Waals surface area (Å²) < 4.78 is 13.4. The lowest BCUT2D eigenvalue weighted by atomic mass is 10.2. The van der Waals surface area contributed by atoms with Gasteiger partial charge in [0.2, 0.25) is 5.91 Å². The highest BCUT2D eigenvalue weighted by Crippen LogP contribution is 2.29. The van der Waals surface area contributed by atoms with E-state index in [0.717, 1.165) is 18.7 Å². The molecule has 2 amide bonds. The number of anilines is 1. The predicted molar refractivity (Wildman–Crippen MR) is 122 cm³/mol. The maximum atomic E-state index is 13.4. The second kappa shape index (κ2) is 9.45. The molecular weight excluding hydrogens is 415 g/mol. The lowest BCUT2D eigenvalue weighted by Gasteiger charge is -2.32. The number of carbonyl (C=O) groups is 2. The van der Waals surface area contributed by atoms with Crippen molar-refractivity contribution in [3.05, 3.63) is 71.7 Å². The van der Waals surface area contributed by atoms with Gasteiger partial charge in [-0.2, -0.15) is 0 Å². The van der Waals surface area contributed by atoms with Gasteiger partial charge in [0.15, 0.2) is 5.17 Å². The maximum Gasteiger partial charge on any atom is 0.283 e. The van der Waals surface area contributed by atoms with Gasteiger partial charge in [-0.05, 0) is 43.0 Å². The number of hydrogen-bond donors (Lipinski definition) is 0. The number of amides is 2. The molecule has 6 nitrogen and oxygen atoms in total. The highest BCUT2D eigenvalue weighted by Gasteiger charge is 2.33. The minimum absolute atomic E-state index is 0.0211. The molecule has 0 spiro atoms. The van der Waals surface area contributed by atoms with Crippen LogP contribution in [-0.4, -0.2) is 65.8 Å². The van der Waals surface area contributed by atoms with Crippen molar-refractivity contribution >= 4 is 40.5 Å². The molecule has 2 aliphatic rings. The van der Waals surface area contributed by atoms with Gasteiger partial charge in [0.25, 0.3) is 5.91 Å². The van der Waals surface area contributed by atoms with E-state index in [0.29, 0.717) is 23.9 Å². The number of benzene rings is 2. The number of likely N-dealkylation sites (N-methyl/N-ethyl adjacent to an activating group) is 1. The summed E-state index contributed by atoms with van der Waals surface area (Å²) >= 11 is 1.23. The highest BCUT2D eigenvalue weighted by atomic mass is 32.2. The van der Waals surface area contributed by atoms with Gasteiger partial charge in [-0.25, -0.2) is 9.38 Å². The fourth-order valence-corrected chi connectivity index (χ4v) is 4.31. The molecule has 2 aromatic rings. The standard InChI is InChI=1S/C23H23FN4O2S/c1-26-11-13-27(14-12-26)21(29)16-31-23-25-20(15-17-5-3-2-4-6-17)22(30)28(23)19-9-7-18(24)8-10-19/h2-10,15H,11-14,16H2,1H3. The number of halogens is 1. The van der Waals surface area contributed by atoms with E-state index in [9.17, 15) is 14.0 Å². The van der Waals surface area contributed by atoms with Crippen molar-refractivity contribution in [3.63, 3.8) is 0 Å². The van der Waals surface area contributed by atoms with Gasteiger partial charge in [-0.15, -0.1) is 0 Å². The Labute approximate surface area is 185 Å². The molecule has 0 N–H and O–H groups in total. The van der Waals surface area contributed by atoms with Gasteiger partial charge in [0.1, 0.15) is 11.5 Å². The van der Waals surface area contributed by atoms with Crippen molar-refractivity contribution in [2.24, 2.45) is 4.99 Å². The molecule has 1 fully saturated rings. The van der Waals surface area contributed by atoms with Gasteiger partial charge >= 0.3 is 0 Å². The van der Waals surface area contributed by atoms with Crippen LogP contribution >= 0.6 is 11.8 Å². The first-order chi connectivity index (χ1) is 15.0. The zero-order chi connectivity index (χ0) is 21.8. The molecule has 0 aromatic heterocycles. The molecule has 2 aromatic carbocycles. The summed E-state index contributed by atoms with van der Waals surface area (Å²) in [5.74, 6) is -0.476. The molecule has 0 unspecified atom stereocenters. The quantitative estimate of drug-likeness (QED) is 0.689. The third-order valence-corrected chi connectivity index (χ3v) is 6.12. The van der Waals surface area contributed by atoms with Crippen molar-refractivity contribution in [3.8, 4) is 0 Å². The maximum absolute atomic E-state index is 13.4. The van der Waals surface area contributed by atoms with E-state index in [2.05, 4.69) is 9.89 Å². The molecule has 0 saturated carbocycles. The molecule has 2 aliphatic heterocycles. The molecule has 2 heterocycles. The van der Waals surface area contributed by atoms with E-state index in [-0.39, 0.29) is 29.1 Å². The molecule has 4 rings (SSSR count). The molecule has 160 valence electrons. The Morgan fingerprint density at radius 1 is 1.06 bits per heavy atom. The normalized spacial score (nSPS) is 18.6. The minimum Gasteiger partial charge on any atom is -0.339 e. The summed E-state index contributed by atoms with van der Waals surface area (Å²) in [7, 11) is 2.04. The number of carbonyl (C=O) groups excluding carboxylic acids is 2. The number of aliphatic imine (C=N–C) groups is 1. The van der Waals surface area contributed by atoms with Gasteiger partial charge in [0.05, 0.1) is 11.4 Å². The molecule has 31 heavy (non-hydrogen) atoms. The Hall–Kier alpha value is -2.97. The summed E-state index contributed by atoms with van der Waals surface area (Å²) in [5.41, 5.74) is 1.65. The fraction of sp³-hybridized carbons (Fsp3) is 0.261. The summed E-state index contributed by atoms with van der Waals surface area (Å²) in [4.78, 5) is 35.8. The summed E-state index contributed by atoms with van der Waals surface area (Å²) in [6.07, 6.45) is 1.72. The van der Waals surface area contributed by atoms with Crippen molar-refractivity contribution in [1.82, 2.24) is 9.80 Å². The van der Waals surface area contributed by atoms with E-state index >= 15 is 0 Å². The van der Waals surface area contributed by atoms with Crippen LogP contribution in [-0.2, 0) is 9.59 Å². The largest absolute Gasteiger partial charge is 0.339 e. The van der Waals surface area contributed by atoms with Crippen LogP contribution in [0.5, 0.6) is 0 Å². The number of hydrogen-bond acceptors (Lipinski definition) is 5. The molecule has 0 radical (unpaired) electrons. The Balaban J connectivity index is 1.55. The predicted octanol–water partition coefficient (Wildman–Crippen LogP) is 3.08. The number of rotatable bonds is 4. The molecule has 0 atom stereocenters. The summed E-state index contributed by atoms with van der Waals surface area (Å²) in [5, 5.41) is 0.418. The lowest BCUT2D eigenvalue weighted by Crippen LogP contribution is -2.47. The second-order valence-corrected chi connectivity index (χ2v) is 8.37.